The molecular formula is C14H17N3O3. The molecule has 6 nitrogen and oxygen atoms in total. The highest BCUT2D eigenvalue weighted by atomic mass is 16.6. The van der Waals surface area contributed by atoms with Crippen LogP contribution in [0.1, 0.15) is 12.5 Å². The Hall–Kier alpha value is -2.37. The Morgan fingerprint density at radius 3 is 2.95 bits per heavy atom. The van der Waals surface area contributed by atoms with Crippen LogP contribution < -0.4 is 0 Å². The summed E-state index contributed by atoms with van der Waals surface area (Å²) >= 11 is 0. The van der Waals surface area contributed by atoms with Crippen LogP contribution in [0.15, 0.2) is 35.3 Å². The van der Waals surface area contributed by atoms with Gasteiger partial charge in [0.1, 0.15) is 6.61 Å². The van der Waals surface area contributed by atoms with Crippen molar-refractivity contribution in [3.05, 3.63) is 46.0 Å². The van der Waals surface area contributed by atoms with E-state index in [4.69, 9.17) is 4.74 Å². The Morgan fingerprint density at radius 2 is 2.35 bits per heavy atom. The molecular weight excluding hydrogens is 258 g/mol. The Bertz CT molecular complexity index is 581. The number of aliphatic imine (C=N–C) groups is 1. The van der Waals surface area contributed by atoms with Crippen LogP contribution in [0.2, 0.25) is 0 Å². The minimum atomic E-state index is -0.413. The molecule has 20 heavy (non-hydrogen) atoms. The Kier molecular flexibility index (Phi) is 4.02. The van der Waals surface area contributed by atoms with E-state index < -0.39 is 4.92 Å². The zero-order chi connectivity index (χ0) is 14.7. The molecule has 0 N–H and O–H groups in total. The highest BCUT2D eigenvalue weighted by molar-refractivity contribution is 5.79. The summed E-state index contributed by atoms with van der Waals surface area (Å²) in [6, 6.07) is 5.15. The average molecular weight is 275 g/mol. The fourth-order valence-corrected chi connectivity index (χ4v) is 1.99. The minimum Gasteiger partial charge on any atom is -0.463 e. The van der Waals surface area contributed by atoms with Crippen molar-refractivity contribution in [3.63, 3.8) is 0 Å². The van der Waals surface area contributed by atoms with Crippen LogP contribution in [0.3, 0.4) is 0 Å². The van der Waals surface area contributed by atoms with Gasteiger partial charge in [-0.2, -0.15) is 4.99 Å². The SMILES string of the molecule is C=C(C)CN1CCOC1=Nc1ccc([N+](=O)[O-])cc1C. The lowest BCUT2D eigenvalue weighted by Crippen LogP contribution is -2.27. The highest BCUT2D eigenvalue weighted by Gasteiger charge is 2.20. The zero-order valence-corrected chi connectivity index (χ0v) is 11.6. The molecule has 1 aromatic carbocycles. The fraction of sp³-hybridized carbons (Fsp3) is 0.357. The number of aryl methyl sites for hydroxylation is 1. The maximum Gasteiger partial charge on any atom is 0.293 e. The molecule has 0 aliphatic carbocycles. The summed E-state index contributed by atoms with van der Waals surface area (Å²) in [7, 11) is 0. The van der Waals surface area contributed by atoms with E-state index in [1.807, 2.05) is 11.8 Å². The minimum absolute atomic E-state index is 0.0672. The van der Waals surface area contributed by atoms with Gasteiger partial charge in [-0.15, -0.1) is 0 Å². The van der Waals surface area contributed by atoms with Gasteiger partial charge in [0.2, 0.25) is 0 Å². The van der Waals surface area contributed by atoms with Gasteiger partial charge < -0.3 is 9.64 Å². The predicted octanol–water partition coefficient (Wildman–Crippen LogP) is 2.80. The van der Waals surface area contributed by atoms with E-state index in [2.05, 4.69) is 11.6 Å². The highest BCUT2D eigenvalue weighted by Crippen LogP contribution is 2.25. The van der Waals surface area contributed by atoms with Crippen molar-refractivity contribution in [3.8, 4) is 0 Å². The van der Waals surface area contributed by atoms with Crippen molar-refractivity contribution < 1.29 is 9.66 Å². The molecule has 1 aliphatic rings. The lowest BCUT2D eigenvalue weighted by atomic mass is 10.2. The summed E-state index contributed by atoms with van der Waals surface area (Å²) in [5.74, 6) is 0. The van der Waals surface area contributed by atoms with Crippen molar-refractivity contribution in [1.29, 1.82) is 0 Å². The monoisotopic (exact) mass is 275 g/mol. The molecule has 6 heteroatoms. The molecule has 0 amide bonds. The summed E-state index contributed by atoms with van der Waals surface area (Å²) in [5.41, 5.74) is 2.53. The van der Waals surface area contributed by atoms with Crippen LogP contribution in [0, 0.1) is 17.0 Å². The second-order valence-corrected chi connectivity index (χ2v) is 4.85. The third-order valence-electron chi connectivity index (χ3n) is 2.93. The summed E-state index contributed by atoms with van der Waals surface area (Å²) in [5, 5.41) is 10.7. The Balaban J connectivity index is 2.25. The lowest BCUT2D eigenvalue weighted by molar-refractivity contribution is -0.384. The van der Waals surface area contributed by atoms with Crippen LogP contribution in [-0.4, -0.2) is 35.5 Å². The van der Waals surface area contributed by atoms with Gasteiger partial charge in [-0.05, 0) is 25.5 Å². The van der Waals surface area contributed by atoms with Crippen molar-refractivity contribution in [2.45, 2.75) is 13.8 Å². The van der Waals surface area contributed by atoms with E-state index in [0.29, 0.717) is 24.9 Å². The van der Waals surface area contributed by atoms with Gasteiger partial charge in [0.25, 0.3) is 11.7 Å². The molecule has 0 saturated carbocycles. The molecule has 1 aliphatic heterocycles. The Morgan fingerprint density at radius 1 is 1.60 bits per heavy atom. The van der Waals surface area contributed by atoms with Crippen LogP contribution >= 0.6 is 0 Å². The third kappa shape index (κ3) is 3.14. The molecule has 0 atom stereocenters. The van der Waals surface area contributed by atoms with Gasteiger partial charge in [-0.3, -0.25) is 10.1 Å². The smallest absolute Gasteiger partial charge is 0.293 e. The average Bonchev–Trinajstić information content (AvgIpc) is 2.78. The molecule has 0 bridgehead atoms. The number of hydrogen-bond donors (Lipinski definition) is 0. The number of non-ortho nitro benzene ring substituents is 1. The van der Waals surface area contributed by atoms with Gasteiger partial charge >= 0.3 is 0 Å². The number of hydrogen-bond acceptors (Lipinski definition) is 4. The van der Waals surface area contributed by atoms with Crippen LogP contribution in [-0.2, 0) is 4.74 Å². The molecule has 1 aromatic rings. The molecule has 1 saturated heterocycles. The van der Waals surface area contributed by atoms with E-state index >= 15 is 0 Å². The van der Waals surface area contributed by atoms with Crippen LogP contribution in [0.5, 0.6) is 0 Å². The first-order valence-electron chi connectivity index (χ1n) is 6.33. The quantitative estimate of drug-likeness (QED) is 0.481. The molecule has 0 unspecified atom stereocenters. The number of nitro benzene ring substituents is 1. The number of rotatable bonds is 4. The molecule has 1 fully saturated rings. The first kappa shape index (κ1) is 14.0. The zero-order valence-electron chi connectivity index (χ0n) is 11.6. The number of amidine groups is 1. The van der Waals surface area contributed by atoms with Crippen LogP contribution in [0.25, 0.3) is 0 Å². The topological polar surface area (TPSA) is 68.0 Å². The Labute approximate surface area is 117 Å². The lowest BCUT2D eigenvalue weighted by Gasteiger charge is -2.15. The van der Waals surface area contributed by atoms with E-state index in [-0.39, 0.29) is 5.69 Å². The second kappa shape index (κ2) is 5.73. The summed E-state index contributed by atoms with van der Waals surface area (Å²) < 4.78 is 5.50. The van der Waals surface area contributed by atoms with Gasteiger partial charge in [0.05, 0.1) is 17.2 Å². The van der Waals surface area contributed by atoms with Crippen LogP contribution in [0.4, 0.5) is 11.4 Å². The molecule has 0 aromatic heterocycles. The number of nitro groups is 1. The van der Waals surface area contributed by atoms with Crippen molar-refractivity contribution >= 4 is 17.4 Å². The van der Waals surface area contributed by atoms with Crippen molar-refractivity contribution in [2.24, 2.45) is 4.99 Å². The maximum atomic E-state index is 10.7. The molecule has 1 heterocycles. The van der Waals surface area contributed by atoms with E-state index in [9.17, 15) is 10.1 Å². The number of benzene rings is 1. The number of nitrogens with zero attached hydrogens (tertiary/aromatic N) is 3. The van der Waals surface area contributed by atoms with E-state index in [1.54, 1.807) is 13.0 Å². The maximum absolute atomic E-state index is 10.7. The summed E-state index contributed by atoms with van der Waals surface area (Å²) in [6.07, 6.45) is 0. The van der Waals surface area contributed by atoms with Gasteiger partial charge in [-0.25, -0.2) is 0 Å². The largest absolute Gasteiger partial charge is 0.463 e. The molecule has 2 rings (SSSR count). The predicted molar refractivity (Wildman–Crippen MR) is 77.3 cm³/mol. The molecule has 0 spiro atoms. The second-order valence-electron chi connectivity index (χ2n) is 4.85. The summed E-state index contributed by atoms with van der Waals surface area (Å²) in [6.45, 7) is 9.70. The van der Waals surface area contributed by atoms with E-state index in [1.165, 1.54) is 12.1 Å². The number of ether oxygens (including phenoxy) is 1. The fourth-order valence-electron chi connectivity index (χ4n) is 1.99. The first-order valence-corrected chi connectivity index (χ1v) is 6.33. The van der Waals surface area contributed by atoms with E-state index in [0.717, 1.165) is 17.7 Å². The van der Waals surface area contributed by atoms with Crippen molar-refractivity contribution in [1.82, 2.24) is 4.90 Å². The molecule has 106 valence electrons. The van der Waals surface area contributed by atoms with Gasteiger partial charge in [0, 0.05) is 18.7 Å². The first-order chi connectivity index (χ1) is 9.47. The summed E-state index contributed by atoms with van der Waals surface area (Å²) in [4.78, 5) is 16.7. The molecule has 0 radical (unpaired) electrons. The van der Waals surface area contributed by atoms with Gasteiger partial charge in [-0.1, -0.05) is 12.2 Å². The van der Waals surface area contributed by atoms with Crippen molar-refractivity contribution in [2.75, 3.05) is 19.7 Å². The third-order valence-corrected chi connectivity index (χ3v) is 2.93. The van der Waals surface area contributed by atoms with Gasteiger partial charge in [0.15, 0.2) is 0 Å². The normalized spacial score (nSPS) is 16.3. The standard InChI is InChI=1S/C14H17N3O3/c1-10(2)9-16-6-7-20-14(16)15-13-5-4-12(17(18)19)8-11(13)3/h4-5,8H,1,6-7,9H2,2-3H3.